The van der Waals surface area contributed by atoms with Gasteiger partial charge in [0.1, 0.15) is 0 Å². The normalized spacial score (nSPS) is 13.7. The van der Waals surface area contributed by atoms with Crippen molar-refractivity contribution in [2.45, 2.75) is 44.4 Å². The number of nitrogens with zero attached hydrogens (tertiary/aromatic N) is 2. The van der Waals surface area contributed by atoms with E-state index in [0.29, 0.717) is 22.5 Å². The molecule has 1 aromatic heterocycles. The summed E-state index contributed by atoms with van der Waals surface area (Å²) in [6.45, 7) is 3.69. The Labute approximate surface area is 176 Å². The van der Waals surface area contributed by atoms with Crippen LogP contribution >= 0.6 is 0 Å². The molecule has 0 radical (unpaired) electrons. The Kier molecular flexibility index (Phi) is 5.24. The predicted molar refractivity (Wildman–Crippen MR) is 118 cm³/mol. The number of nitrogens with one attached hydrogen (secondary N) is 1. The summed E-state index contributed by atoms with van der Waals surface area (Å²) in [6, 6.07) is 12.6. The number of hydrogen-bond acceptors (Lipinski definition) is 4. The number of aryl methyl sites for hydroxylation is 3. The van der Waals surface area contributed by atoms with Crippen molar-refractivity contribution < 1.29 is 8.42 Å². The Morgan fingerprint density at radius 3 is 2.47 bits per heavy atom. The fourth-order valence-electron chi connectivity index (χ4n) is 4.04. The molecular weight excluding hydrogens is 398 g/mol. The van der Waals surface area contributed by atoms with Crippen LogP contribution < -0.4 is 10.3 Å². The van der Waals surface area contributed by atoms with E-state index in [2.05, 4.69) is 9.82 Å². The summed E-state index contributed by atoms with van der Waals surface area (Å²) in [6.07, 6.45) is 3.51. The van der Waals surface area contributed by atoms with Gasteiger partial charge in [0.05, 0.1) is 10.6 Å². The standard InChI is InChI=1S/C23H25N3O3S/c1-15-7-6-8-18(13-15)25-30(28,29)21-14-17(12-11-16(21)2)22-19-9-4-5-10-20(19)23(27)26(3)24-22/h6-8,11-14,25H,4-5,9-10H2,1-3H3. The molecule has 0 fully saturated rings. The van der Waals surface area contributed by atoms with Gasteiger partial charge >= 0.3 is 0 Å². The molecule has 0 spiro atoms. The van der Waals surface area contributed by atoms with Crippen LogP contribution in [-0.4, -0.2) is 18.2 Å². The number of fused-ring (bicyclic) bond motifs is 1. The molecule has 0 saturated carbocycles. The second-order valence-electron chi connectivity index (χ2n) is 7.90. The minimum atomic E-state index is -3.78. The van der Waals surface area contributed by atoms with Gasteiger partial charge in [-0.25, -0.2) is 13.1 Å². The summed E-state index contributed by atoms with van der Waals surface area (Å²) in [5.74, 6) is 0. The molecule has 0 bridgehead atoms. The summed E-state index contributed by atoms with van der Waals surface area (Å²) in [7, 11) is -2.13. The lowest BCUT2D eigenvalue weighted by atomic mass is 9.89. The molecule has 0 unspecified atom stereocenters. The smallest absolute Gasteiger partial charge is 0.269 e. The topological polar surface area (TPSA) is 81.1 Å². The van der Waals surface area contributed by atoms with Crippen molar-refractivity contribution in [1.29, 1.82) is 0 Å². The van der Waals surface area contributed by atoms with Gasteiger partial charge in [-0.05, 0) is 74.4 Å². The first-order valence-electron chi connectivity index (χ1n) is 10.1. The molecule has 1 aliphatic carbocycles. The van der Waals surface area contributed by atoms with Crippen molar-refractivity contribution >= 4 is 15.7 Å². The zero-order valence-corrected chi connectivity index (χ0v) is 18.2. The molecule has 1 heterocycles. The Morgan fingerprint density at radius 2 is 1.73 bits per heavy atom. The average Bonchev–Trinajstić information content (AvgIpc) is 2.71. The molecule has 30 heavy (non-hydrogen) atoms. The van der Waals surface area contributed by atoms with Crippen LogP contribution in [0.5, 0.6) is 0 Å². The van der Waals surface area contributed by atoms with Crippen LogP contribution in [0.2, 0.25) is 0 Å². The number of rotatable bonds is 4. The Morgan fingerprint density at radius 1 is 1.00 bits per heavy atom. The summed E-state index contributed by atoms with van der Waals surface area (Å²) in [4.78, 5) is 12.7. The fourth-order valence-corrected chi connectivity index (χ4v) is 5.36. The monoisotopic (exact) mass is 423 g/mol. The first-order valence-corrected chi connectivity index (χ1v) is 11.5. The van der Waals surface area contributed by atoms with Crippen molar-refractivity contribution in [3.8, 4) is 11.3 Å². The minimum Gasteiger partial charge on any atom is -0.280 e. The van der Waals surface area contributed by atoms with Crippen molar-refractivity contribution in [3.05, 3.63) is 75.1 Å². The van der Waals surface area contributed by atoms with Gasteiger partial charge in [0, 0.05) is 23.9 Å². The number of aromatic nitrogens is 2. The number of hydrogen-bond donors (Lipinski definition) is 1. The molecule has 1 aliphatic rings. The first kappa shape index (κ1) is 20.3. The average molecular weight is 424 g/mol. The zero-order chi connectivity index (χ0) is 21.5. The van der Waals surface area contributed by atoms with E-state index in [0.717, 1.165) is 42.4 Å². The van der Waals surface area contributed by atoms with Crippen molar-refractivity contribution in [1.82, 2.24) is 9.78 Å². The van der Waals surface area contributed by atoms with Crippen LogP contribution in [0.25, 0.3) is 11.3 Å². The maximum absolute atomic E-state index is 13.1. The number of sulfonamides is 1. The highest BCUT2D eigenvalue weighted by atomic mass is 32.2. The predicted octanol–water partition coefficient (Wildman–Crippen LogP) is 3.74. The van der Waals surface area contributed by atoms with Crippen molar-refractivity contribution in [2.24, 2.45) is 7.05 Å². The molecular formula is C23H25N3O3S. The van der Waals surface area contributed by atoms with Crippen LogP contribution in [0.15, 0.2) is 52.2 Å². The van der Waals surface area contributed by atoms with E-state index in [9.17, 15) is 13.2 Å². The van der Waals surface area contributed by atoms with E-state index >= 15 is 0 Å². The maximum Gasteiger partial charge on any atom is 0.269 e. The molecule has 0 amide bonds. The Balaban J connectivity index is 1.82. The quantitative estimate of drug-likeness (QED) is 0.693. The summed E-state index contributed by atoms with van der Waals surface area (Å²) >= 11 is 0. The van der Waals surface area contributed by atoms with Crippen LogP contribution in [0.4, 0.5) is 5.69 Å². The third-order valence-corrected chi connectivity index (χ3v) is 7.10. The second kappa shape index (κ2) is 7.72. The second-order valence-corrected chi connectivity index (χ2v) is 9.55. The highest BCUT2D eigenvalue weighted by molar-refractivity contribution is 7.92. The van der Waals surface area contributed by atoms with Crippen LogP contribution in [0, 0.1) is 13.8 Å². The van der Waals surface area contributed by atoms with Gasteiger partial charge < -0.3 is 0 Å². The third-order valence-electron chi connectivity index (χ3n) is 5.58. The van der Waals surface area contributed by atoms with E-state index in [-0.39, 0.29) is 10.5 Å². The summed E-state index contributed by atoms with van der Waals surface area (Å²) < 4.78 is 30.3. The van der Waals surface area contributed by atoms with Crippen molar-refractivity contribution in [2.75, 3.05) is 4.72 Å². The number of anilines is 1. The molecule has 2 aromatic carbocycles. The van der Waals surface area contributed by atoms with Gasteiger partial charge in [-0.2, -0.15) is 5.10 Å². The molecule has 1 N–H and O–H groups in total. The Hall–Kier alpha value is -2.93. The van der Waals surface area contributed by atoms with Gasteiger partial charge in [0.2, 0.25) is 0 Å². The molecule has 7 heteroatoms. The van der Waals surface area contributed by atoms with E-state index in [1.54, 1.807) is 38.2 Å². The van der Waals surface area contributed by atoms with E-state index in [4.69, 9.17) is 0 Å². The largest absolute Gasteiger partial charge is 0.280 e. The Bertz CT molecular complexity index is 1290. The summed E-state index contributed by atoms with van der Waals surface area (Å²) in [5.41, 5.74) is 5.24. The van der Waals surface area contributed by atoms with Gasteiger partial charge in [-0.1, -0.05) is 24.3 Å². The van der Waals surface area contributed by atoms with E-state index in [1.165, 1.54) is 4.68 Å². The van der Waals surface area contributed by atoms with Gasteiger partial charge in [0.25, 0.3) is 15.6 Å². The summed E-state index contributed by atoms with van der Waals surface area (Å²) in [5, 5.41) is 4.49. The van der Waals surface area contributed by atoms with E-state index < -0.39 is 10.0 Å². The molecule has 3 aromatic rings. The van der Waals surface area contributed by atoms with E-state index in [1.807, 2.05) is 25.1 Å². The third kappa shape index (κ3) is 3.77. The zero-order valence-electron chi connectivity index (χ0n) is 17.4. The lowest BCUT2D eigenvalue weighted by Gasteiger charge is -2.20. The van der Waals surface area contributed by atoms with Gasteiger partial charge in [-0.3, -0.25) is 9.52 Å². The number of benzene rings is 2. The lowest BCUT2D eigenvalue weighted by Crippen LogP contribution is -2.28. The molecule has 4 rings (SSSR count). The molecule has 0 saturated heterocycles. The highest BCUT2D eigenvalue weighted by Crippen LogP contribution is 2.31. The van der Waals surface area contributed by atoms with Crippen LogP contribution in [0.3, 0.4) is 0 Å². The van der Waals surface area contributed by atoms with Crippen LogP contribution in [-0.2, 0) is 29.9 Å². The molecule has 156 valence electrons. The van der Waals surface area contributed by atoms with Gasteiger partial charge in [0.15, 0.2) is 0 Å². The molecule has 0 atom stereocenters. The molecule has 0 aliphatic heterocycles. The fraction of sp³-hybridized carbons (Fsp3) is 0.304. The van der Waals surface area contributed by atoms with Gasteiger partial charge in [-0.15, -0.1) is 0 Å². The SMILES string of the molecule is Cc1cccc(NS(=O)(=O)c2cc(-c3nn(C)c(=O)c4c3CCCC4)ccc2C)c1. The van der Waals surface area contributed by atoms with Crippen molar-refractivity contribution in [3.63, 3.8) is 0 Å². The highest BCUT2D eigenvalue weighted by Gasteiger charge is 2.23. The van der Waals surface area contributed by atoms with Crippen LogP contribution in [0.1, 0.15) is 35.1 Å². The first-order chi connectivity index (χ1) is 14.3. The minimum absolute atomic E-state index is 0.0606. The lowest BCUT2D eigenvalue weighted by molar-refractivity contribution is 0.600. The maximum atomic E-state index is 13.1. The molecule has 6 nitrogen and oxygen atoms in total.